The Labute approximate surface area is 143 Å². The summed E-state index contributed by atoms with van der Waals surface area (Å²) in [7, 11) is 1.62. The first kappa shape index (κ1) is 15.4. The van der Waals surface area contributed by atoms with Gasteiger partial charge in [0.05, 0.1) is 23.6 Å². The van der Waals surface area contributed by atoms with Gasteiger partial charge in [0.25, 0.3) is 0 Å². The van der Waals surface area contributed by atoms with Gasteiger partial charge < -0.3 is 4.74 Å². The van der Waals surface area contributed by atoms with Crippen molar-refractivity contribution in [3.8, 4) is 22.4 Å². The summed E-state index contributed by atoms with van der Waals surface area (Å²) < 4.78 is 20.4. The molecule has 0 atom stereocenters. The molecule has 0 unspecified atom stereocenters. The minimum absolute atomic E-state index is 0.280. The van der Waals surface area contributed by atoms with Gasteiger partial charge in [0.2, 0.25) is 0 Å². The van der Waals surface area contributed by atoms with E-state index >= 15 is 0 Å². The molecular weight excluding hydrogens is 319 g/mol. The lowest BCUT2D eigenvalue weighted by Crippen LogP contribution is -1.96. The zero-order chi connectivity index (χ0) is 17.2. The Morgan fingerprint density at radius 2 is 1.88 bits per heavy atom. The van der Waals surface area contributed by atoms with Crippen LogP contribution in [0.5, 0.6) is 0 Å². The van der Waals surface area contributed by atoms with Gasteiger partial charge >= 0.3 is 0 Å². The second-order valence-corrected chi connectivity index (χ2v) is 5.57. The molecule has 0 radical (unpaired) electrons. The highest BCUT2D eigenvalue weighted by Gasteiger charge is 2.18. The van der Waals surface area contributed by atoms with Crippen LogP contribution in [-0.4, -0.2) is 26.7 Å². The minimum Gasteiger partial charge on any atom is -0.378 e. The van der Waals surface area contributed by atoms with Crippen LogP contribution < -0.4 is 0 Å². The predicted octanol–water partition coefficient (Wildman–Crippen LogP) is 3.74. The Balaban J connectivity index is 1.99. The number of hydrogen-bond acceptors (Lipinski definition) is 4. The molecule has 0 saturated carbocycles. The summed E-state index contributed by atoms with van der Waals surface area (Å²) in [5.74, 6) is -0.280. The van der Waals surface area contributed by atoms with E-state index in [0.717, 1.165) is 28.1 Å². The minimum atomic E-state index is -0.280. The van der Waals surface area contributed by atoms with Gasteiger partial charge in [0.1, 0.15) is 5.82 Å². The Hall–Kier alpha value is -3.12. The van der Waals surface area contributed by atoms with Crippen LogP contribution in [0.25, 0.3) is 28.0 Å². The SMILES string of the molecule is COCc1nn2c(-c3cccnc3)ccnc2c1-c1ccc(F)cc1. The van der Waals surface area contributed by atoms with E-state index in [1.54, 1.807) is 42.3 Å². The van der Waals surface area contributed by atoms with E-state index in [2.05, 4.69) is 15.1 Å². The van der Waals surface area contributed by atoms with Gasteiger partial charge in [-0.2, -0.15) is 5.10 Å². The van der Waals surface area contributed by atoms with Crippen LogP contribution in [0, 0.1) is 5.82 Å². The van der Waals surface area contributed by atoms with E-state index in [1.165, 1.54) is 12.1 Å². The van der Waals surface area contributed by atoms with Crippen LogP contribution in [0.1, 0.15) is 5.69 Å². The number of fused-ring (bicyclic) bond motifs is 1. The van der Waals surface area contributed by atoms with Crippen molar-refractivity contribution >= 4 is 5.65 Å². The third-order valence-corrected chi connectivity index (χ3v) is 3.96. The number of benzene rings is 1. The van der Waals surface area contributed by atoms with Gasteiger partial charge in [-0.15, -0.1) is 0 Å². The molecule has 124 valence electrons. The quantitative estimate of drug-likeness (QED) is 0.570. The molecule has 4 aromatic rings. The highest BCUT2D eigenvalue weighted by molar-refractivity contribution is 5.81. The van der Waals surface area contributed by atoms with Crippen LogP contribution >= 0.6 is 0 Å². The average Bonchev–Trinajstić information content (AvgIpc) is 3.01. The highest BCUT2D eigenvalue weighted by atomic mass is 19.1. The molecule has 25 heavy (non-hydrogen) atoms. The maximum Gasteiger partial charge on any atom is 0.163 e. The summed E-state index contributed by atoms with van der Waals surface area (Å²) in [6.45, 7) is 0.336. The second kappa shape index (κ2) is 6.41. The molecule has 0 aliphatic rings. The van der Waals surface area contributed by atoms with Gasteiger partial charge in [0, 0.05) is 31.3 Å². The van der Waals surface area contributed by atoms with E-state index < -0.39 is 0 Å². The predicted molar refractivity (Wildman–Crippen MR) is 92.3 cm³/mol. The molecule has 0 spiro atoms. The molecule has 0 aliphatic carbocycles. The van der Waals surface area contributed by atoms with E-state index in [1.807, 2.05) is 18.2 Å². The Morgan fingerprint density at radius 1 is 1.04 bits per heavy atom. The van der Waals surface area contributed by atoms with Crippen molar-refractivity contribution in [3.63, 3.8) is 0 Å². The standard InChI is InChI=1S/C19H15FN4O/c1-25-12-16-18(13-4-6-15(20)7-5-13)19-22-10-8-17(24(19)23-16)14-3-2-9-21-11-14/h2-11H,12H2,1H3. The van der Waals surface area contributed by atoms with Crippen molar-refractivity contribution in [2.24, 2.45) is 0 Å². The fourth-order valence-corrected chi connectivity index (χ4v) is 2.87. The monoisotopic (exact) mass is 334 g/mol. The number of rotatable bonds is 4. The lowest BCUT2D eigenvalue weighted by atomic mass is 10.1. The second-order valence-electron chi connectivity index (χ2n) is 5.57. The van der Waals surface area contributed by atoms with Gasteiger partial charge in [-0.05, 0) is 35.9 Å². The number of ether oxygens (including phenoxy) is 1. The maximum absolute atomic E-state index is 13.3. The summed E-state index contributed by atoms with van der Waals surface area (Å²) >= 11 is 0. The number of pyridine rings is 1. The number of methoxy groups -OCH3 is 1. The maximum atomic E-state index is 13.3. The van der Waals surface area contributed by atoms with Crippen LogP contribution in [0.15, 0.2) is 61.1 Å². The third kappa shape index (κ3) is 2.77. The first-order valence-corrected chi connectivity index (χ1v) is 7.80. The van der Waals surface area contributed by atoms with Crippen LogP contribution in [0.2, 0.25) is 0 Å². The summed E-state index contributed by atoms with van der Waals surface area (Å²) in [4.78, 5) is 8.67. The first-order chi connectivity index (χ1) is 12.3. The molecule has 3 aromatic heterocycles. The van der Waals surface area contributed by atoms with Crippen LogP contribution in [-0.2, 0) is 11.3 Å². The van der Waals surface area contributed by atoms with Crippen molar-refractivity contribution < 1.29 is 9.13 Å². The molecule has 0 N–H and O–H groups in total. The van der Waals surface area contributed by atoms with Crippen molar-refractivity contribution in [2.45, 2.75) is 6.61 Å². The smallest absolute Gasteiger partial charge is 0.163 e. The normalized spacial score (nSPS) is 11.1. The van der Waals surface area contributed by atoms with E-state index in [0.29, 0.717) is 12.3 Å². The van der Waals surface area contributed by atoms with E-state index in [-0.39, 0.29) is 5.82 Å². The third-order valence-electron chi connectivity index (χ3n) is 3.96. The molecular formula is C19H15FN4O. The highest BCUT2D eigenvalue weighted by Crippen LogP contribution is 2.30. The summed E-state index contributed by atoms with van der Waals surface area (Å²) in [5, 5.41) is 4.69. The van der Waals surface area contributed by atoms with Crippen molar-refractivity contribution in [1.29, 1.82) is 0 Å². The van der Waals surface area contributed by atoms with Crippen molar-refractivity contribution in [1.82, 2.24) is 19.6 Å². The zero-order valence-electron chi connectivity index (χ0n) is 13.6. The number of nitrogens with zero attached hydrogens (tertiary/aromatic N) is 4. The lowest BCUT2D eigenvalue weighted by molar-refractivity contribution is 0.181. The molecule has 3 heterocycles. The number of aromatic nitrogens is 4. The topological polar surface area (TPSA) is 52.3 Å². The Bertz CT molecular complexity index is 1010. The molecule has 6 heteroatoms. The van der Waals surface area contributed by atoms with Crippen molar-refractivity contribution in [2.75, 3.05) is 7.11 Å². The van der Waals surface area contributed by atoms with Crippen LogP contribution in [0.3, 0.4) is 0 Å². The first-order valence-electron chi connectivity index (χ1n) is 7.80. The van der Waals surface area contributed by atoms with Crippen molar-refractivity contribution in [3.05, 3.63) is 72.6 Å². The van der Waals surface area contributed by atoms with Gasteiger partial charge in [0.15, 0.2) is 5.65 Å². The average molecular weight is 334 g/mol. The van der Waals surface area contributed by atoms with Crippen LogP contribution in [0.4, 0.5) is 4.39 Å². The molecule has 0 saturated heterocycles. The number of hydrogen-bond donors (Lipinski definition) is 0. The summed E-state index contributed by atoms with van der Waals surface area (Å²) in [6.07, 6.45) is 5.25. The molecule has 5 nitrogen and oxygen atoms in total. The van der Waals surface area contributed by atoms with Gasteiger partial charge in [-0.3, -0.25) is 4.98 Å². The fraction of sp³-hybridized carbons (Fsp3) is 0.105. The summed E-state index contributed by atoms with van der Waals surface area (Å²) in [6, 6.07) is 12.1. The Kier molecular flexibility index (Phi) is 3.95. The molecule has 0 aliphatic heterocycles. The van der Waals surface area contributed by atoms with E-state index in [4.69, 9.17) is 4.74 Å². The molecule has 1 aromatic carbocycles. The number of halogens is 1. The summed E-state index contributed by atoms with van der Waals surface area (Å²) in [5.41, 5.74) is 4.95. The largest absolute Gasteiger partial charge is 0.378 e. The molecule has 4 rings (SSSR count). The van der Waals surface area contributed by atoms with Gasteiger partial charge in [-0.1, -0.05) is 12.1 Å². The molecule has 0 amide bonds. The fourth-order valence-electron chi connectivity index (χ4n) is 2.87. The molecule has 0 fully saturated rings. The lowest BCUT2D eigenvalue weighted by Gasteiger charge is -2.05. The van der Waals surface area contributed by atoms with E-state index in [9.17, 15) is 4.39 Å². The Morgan fingerprint density at radius 3 is 2.60 bits per heavy atom. The zero-order valence-corrected chi connectivity index (χ0v) is 13.6. The van der Waals surface area contributed by atoms with Gasteiger partial charge in [-0.25, -0.2) is 13.9 Å². The molecule has 0 bridgehead atoms.